The lowest BCUT2D eigenvalue weighted by molar-refractivity contribution is 0.256. The van der Waals surface area contributed by atoms with Gasteiger partial charge in [0.2, 0.25) is 0 Å². The normalized spacial score (nSPS) is 12.7. The fourth-order valence-electron chi connectivity index (χ4n) is 1.77. The minimum Gasteiger partial charge on any atom is -0.493 e. The molecule has 0 aliphatic carbocycles. The van der Waals surface area contributed by atoms with Gasteiger partial charge in [-0.1, -0.05) is 39.8 Å². The van der Waals surface area contributed by atoms with Crippen molar-refractivity contribution in [2.45, 2.75) is 40.0 Å². The highest BCUT2D eigenvalue weighted by Crippen LogP contribution is 2.18. The number of hydrogen-bond acceptors (Lipinski definition) is 2. The summed E-state index contributed by atoms with van der Waals surface area (Å²) in [6.07, 6.45) is 1.18. The average molecular weight is 249 g/mol. The van der Waals surface area contributed by atoms with Crippen LogP contribution >= 0.6 is 0 Å². The van der Waals surface area contributed by atoms with Gasteiger partial charge in [0.25, 0.3) is 0 Å². The Morgan fingerprint density at radius 3 is 2.33 bits per heavy atom. The zero-order valence-corrected chi connectivity index (χ0v) is 12.2. The molecule has 1 rings (SSSR count). The van der Waals surface area contributed by atoms with Crippen molar-refractivity contribution in [3.05, 3.63) is 29.8 Å². The Labute approximate surface area is 112 Å². The molecule has 1 aromatic carbocycles. The summed E-state index contributed by atoms with van der Waals surface area (Å²) in [4.78, 5) is 0. The van der Waals surface area contributed by atoms with Crippen LogP contribution in [0.3, 0.4) is 0 Å². The average Bonchev–Trinajstić information content (AvgIpc) is 2.37. The van der Waals surface area contributed by atoms with Crippen molar-refractivity contribution in [1.29, 1.82) is 0 Å². The Kier molecular flexibility index (Phi) is 6.81. The summed E-state index contributed by atoms with van der Waals surface area (Å²) < 4.78 is 5.79. The molecule has 0 saturated carbocycles. The first-order chi connectivity index (χ1) is 8.63. The molecule has 0 amide bonds. The smallest absolute Gasteiger partial charge is 0.119 e. The first kappa shape index (κ1) is 15.0. The van der Waals surface area contributed by atoms with Crippen LogP contribution in [0.15, 0.2) is 24.3 Å². The van der Waals surface area contributed by atoms with Gasteiger partial charge < -0.3 is 10.1 Å². The van der Waals surface area contributed by atoms with Crippen LogP contribution in [0.1, 0.15) is 45.6 Å². The number of hydrogen-bond donors (Lipinski definition) is 1. The Bertz CT molecular complexity index is 318. The van der Waals surface area contributed by atoms with E-state index in [0.29, 0.717) is 11.8 Å². The number of nitrogens with one attached hydrogen (secondary N) is 1. The molecule has 0 bridgehead atoms. The van der Waals surface area contributed by atoms with E-state index in [2.05, 4.69) is 57.3 Å². The van der Waals surface area contributed by atoms with E-state index in [9.17, 15) is 0 Å². The van der Waals surface area contributed by atoms with Gasteiger partial charge in [0, 0.05) is 12.5 Å². The summed E-state index contributed by atoms with van der Waals surface area (Å²) in [5.41, 5.74) is 1.36. The van der Waals surface area contributed by atoms with Crippen LogP contribution < -0.4 is 10.1 Å². The molecule has 102 valence electrons. The minimum atomic E-state index is 0.543. The lowest BCUT2D eigenvalue weighted by Crippen LogP contribution is -2.25. The van der Waals surface area contributed by atoms with E-state index < -0.39 is 0 Å². The highest BCUT2D eigenvalue weighted by molar-refractivity contribution is 5.28. The van der Waals surface area contributed by atoms with Crippen LogP contribution in [0.2, 0.25) is 0 Å². The maximum Gasteiger partial charge on any atom is 0.119 e. The number of rotatable bonds is 8. The summed E-state index contributed by atoms with van der Waals surface area (Å²) in [5.74, 6) is 2.10. The molecular formula is C16H27NO. The van der Waals surface area contributed by atoms with E-state index in [1.165, 1.54) is 12.0 Å². The van der Waals surface area contributed by atoms with E-state index >= 15 is 0 Å². The largest absolute Gasteiger partial charge is 0.493 e. The predicted octanol–water partition coefficient (Wildman–Crippen LogP) is 3.82. The molecule has 0 heterocycles. The molecule has 0 fully saturated rings. The van der Waals surface area contributed by atoms with Crippen LogP contribution in [-0.4, -0.2) is 19.7 Å². The molecule has 1 unspecified atom stereocenters. The SMILES string of the molecule is CCCNCC(C)COc1ccc(C(C)C)cc1. The Morgan fingerprint density at radius 2 is 1.78 bits per heavy atom. The Hall–Kier alpha value is -1.02. The molecule has 1 aromatic rings. The van der Waals surface area contributed by atoms with Crippen molar-refractivity contribution in [2.24, 2.45) is 5.92 Å². The molecule has 0 aliphatic rings. The van der Waals surface area contributed by atoms with Crippen LogP contribution in [0.25, 0.3) is 0 Å². The maximum atomic E-state index is 5.79. The lowest BCUT2D eigenvalue weighted by Gasteiger charge is -2.14. The van der Waals surface area contributed by atoms with Gasteiger partial charge in [-0.05, 0) is 36.6 Å². The molecule has 0 aliphatic heterocycles. The monoisotopic (exact) mass is 249 g/mol. The summed E-state index contributed by atoms with van der Waals surface area (Å²) in [5, 5.41) is 3.42. The molecule has 2 heteroatoms. The second-order valence-corrected chi connectivity index (χ2v) is 5.34. The van der Waals surface area contributed by atoms with Crippen molar-refractivity contribution >= 4 is 0 Å². The van der Waals surface area contributed by atoms with E-state index in [1.54, 1.807) is 0 Å². The summed E-state index contributed by atoms with van der Waals surface area (Å²) >= 11 is 0. The van der Waals surface area contributed by atoms with Crippen molar-refractivity contribution in [1.82, 2.24) is 5.32 Å². The van der Waals surface area contributed by atoms with Crippen molar-refractivity contribution in [2.75, 3.05) is 19.7 Å². The van der Waals surface area contributed by atoms with Crippen molar-refractivity contribution in [3.8, 4) is 5.75 Å². The van der Waals surface area contributed by atoms with E-state index in [0.717, 1.165) is 25.4 Å². The fourth-order valence-corrected chi connectivity index (χ4v) is 1.77. The molecule has 0 spiro atoms. The van der Waals surface area contributed by atoms with Gasteiger partial charge in [0.05, 0.1) is 6.61 Å². The van der Waals surface area contributed by atoms with Crippen LogP contribution in [-0.2, 0) is 0 Å². The van der Waals surface area contributed by atoms with Crippen molar-refractivity contribution in [3.63, 3.8) is 0 Å². The first-order valence-corrected chi connectivity index (χ1v) is 7.07. The maximum absolute atomic E-state index is 5.79. The highest BCUT2D eigenvalue weighted by Gasteiger charge is 2.03. The molecule has 1 N–H and O–H groups in total. The highest BCUT2D eigenvalue weighted by atomic mass is 16.5. The van der Waals surface area contributed by atoms with Crippen LogP contribution in [0, 0.1) is 5.92 Å². The molecule has 2 nitrogen and oxygen atoms in total. The van der Waals surface area contributed by atoms with Gasteiger partial charge in [-0.2, -0.15) is 0 Å². The van der Waals surface area contributed by atoms with E-state index in [1.807, 2.05) is 0 Å². The molecule has 0 aromatic heterocycles. The predicted molar refractivity (Wildman–Crippen MR) is 78.4 cm³/mol. The van der Waals surface area contributed by atoms with Gasteiger partial charge in [0.15, 0.2) is 0 Å². The van der Waals surface area contributed by atoms with Crippen molar-refractivity contribution < 1.29 is 4.74 Å². The quantitative estimate of drug-likeness (QED) is 0.707. The minimum absolute atomic E-state index is 0.543. The third-order valence-electron chi connectivity index (χ3n) is 3.00. The molecule has 0 saturated heterocycles. The Balaban J connectivity index is 2.30. The summed E-state index contributed by atoms with van der Waals surface area (Å²) in [7, 11) is 0. The molecule has 18 heavy (non-hydrogen) atoms. The Morgan fingerprint density at radius 1 is 1.11 bits per heavy atom. The number of ether oxygens (including phenoxy) is 1. The lowest BCUT2D eigenvalue weighted by atomic mass is 10.0. The van der Waals surface area contributed by atoms with Gasteiger partial charge in [-0.3, -0.25) is 0 Å². The zero-order chi connectivity index (χ0) is 13.4. The van der Waals surface area contributed by atoms with Gasteiger partial charge in [-0.15, -0.1) is 0 Å². The molecule has 0 radical (unpaired) electrons. The third-order valence-corrected chi connectivity index (χ3v) is 3.00. The second kappa shape index (κ2) is 8.15. The van der Waals surface area contributed by atoms with Gasteiger partial charge in [-0.25, -0.2) is 0 Å². The van der Waals surface area contributed by atoms with Gasteiger partial charge >= 0.3 is 0 Å². The summed E-state index contributed by atoms with van der Waals surface area (Å²) in [6, 6.07) is 8.45. The van der Waals surface area contributed by atoms with E-state index in [-0.39, 0.29) is 0 Å². The second-order valence-electron chi connectivity index (χ2n) is 5.34. The molecular weight excluding hydrogens is 222 g/mol. The topological polar surface area (TPSA) is 21.3 Å². The fraction of sp³-hybridized carbons (Fsp3) is 0.625. The van der Waals surface area contributed by atoms with E-state index in [4.69, 9.17) is 4.74 Å². The summed E-state index contributed by atoms with van der Waals surface area (Å²) in [6.45, 7) is 11.7. The zero-order valence-electron chi connectivity index (χ0n) is 12.2. The van der Waals surface area contributed by atoms with Crippen LogP contribution in [0.4, 0.5) is 0 Å². The van der Waals surface area contributed by atoms with Gasteiger partial charge in [0.1, 0.15) is 5.75 Å². The van der Waals surface area contributed by atoms with Crippen LogP contribution in [0.5, 0.6) is 5.75 Å². The standard InChI is InChI=1S/C16H27NO/c1-5-10-17-11-14(4)12-18-16-8-6-15(7-9-16)13(2)3/h6-9,13-14,17H,5,10-12H2,1-4H3. The number of benzene rings is 1. The first-order valence-electron chi connectivity index (χ1n) is 7.07. The molecule has 1 atom stereocenters. The third kappa shape index (κ3) is 5.54.